The van der Waals surface area contributed by atoms with Gasteiger partial charge in [0.15, 0.2) is 5.82 Å². The van der Waals surface area contributed by atoms with E-state index in [4.69, 9.17) is 0 Å². The van der Waals surface area contributed by atoms with Gasteiger partial charge in [0.1, 0.15) is 0 Å². The Bertz CT molecular complexity index is 507. The Morgan fingerprint density at radius 2 is 1.83 bits per heavy atom. The molecular formula is C13H19N5. The van der Waals surface area contributed by atoms with E-state index in [1.807, 2.05) is 19.2 Å². The molecule has 0 radical (unpaired) electrons. The van der Waals surface area contributed by atoms with Crippen LogP contribution in [0.1, 0.15) is 32.2 Å². The number of aromatic nitrogens is 4. The summed E-state index contributed by atoms with van der Waals surface area (Å²) in [5, 5.41) is 15.3. The molecule has 2 rings (SSSR count). The zero-order valence-corrected chi connectivity index (χ0v) is 11.3. The first-order chi connectivity index (χ1) is 8.50. The molecule has 18 heavy (non-hydrogen) atoms. The number of rotatable bonds is 3. The van der Waals surface area contributed by atoms with Gasteiger partial charge in [-0.15, -0.1) is 15.0 Å². The zero-order chi connectivity index (χ0) is 13.2. The molecule has 1 aromatic heterocycles. The maximum absolute atomic E-state index is 4.29. The fourth-order valence-electron chi connectivity index (χ4n) is 1.68. The largest absolute Gasteiger partial charge is 0.313 e. The van der Waals surface area contributed by atoms with Crippen molar-refractivity contribution in [3.05, 3.63) is 35.7 Å². The highest BCUT2D eigenvalue weighted by Crippen LogP contribution is 2.22. The number of tetrazole rings is 1. The lowest BCUT2D eigenvalue weighted by Crippen LogP contribution is -2.11. The van der Waals surface area contributed by atoms with Gasteiger partial charge < -0.3 is 5.32 Å². The van der Waals surface area contributed by atoms with E-state index in [1.54, 1.807) is 4.80 Å². The molecule has 5 nitrogen and oxygen atoms in total. The van der Waals surface area contributed by atoms with Crippen molar-refractivity contribution in [2.24, 2.45) is 0 Å². The average molecular weight is 245 g/mol. The molecule has 0 aliphatic rings. The highest BCUT2D eigenvalue weighted by atomic mass is 15.6. The van der Waals surface area contributed by atoms with E-state index >= 15 is 0 Å². The van der Waals surface area contributed by atoms with Crippen LogP contribution in [-0.2, 0) is 12.0 Å². The van der Waals surface area contributed by atoms with Gasteiger partial charge in [0.05, 0.1) is 12.2 Å². The van der Waals surface area contributed by atoms with Crippen LogP contribution in [0.3, 0.4) is 0 Å². The summed E-state index contributed by atoms with van der Waals surface area (Å²) in [5.41, 5.74) is 2.38. The van der Waals surface area contributed by atoms with E-state index < -0.39 is 0 Å². The molecule has 1 N–H and O–H groups in total. The molecule has 0 amide bonds. The van der Waals surface area contributed by atoms with Crippen molar-refractivity contribution >= 4 is 0 Å². The molecule has 0 aliphatic heterocycles. The fraction of sp³-hybridized carbons (Fsp3) is 0.462. The monoisotopic (exact) mass is 245 g/mol. The first-order valence-electron chi connectivity index (χ1n) is 6.05. The van der Waals surface area contributed by atoms with Crippen LogP contribution >= 0.6 is 0 Å². The van der Waals surface area contributed by atoms with Gasteiger partial charge in [0.2, 0.25) is 0 Å². The Morgan fingerprint density at radius 1 is 1.17 bits per heavy atom. The molecule has 0 fully saturated rings. The summed E-state index contributed by atoms with van der Waals surface area (Å²) in [6, 6.07) is 8.25. The van der Waals surface area contributed by atoms with Crippen molar-refractivity contribution < 1.29 is 0 Å². The van der Waals surface area contributed by atoms with Crippen LogP contribution in [0, 0.1) is 0 Å². The van der Waals surface area contributed by atoms with E-state index in [1.165, 1.54) is 5.56 Å². The minimum atomic E-state index is 0.158. The predicted molar refractivity (Wildman–Crippen MR) is 70.6 cm³/mol. The third-order valence-corrected chi connectivity index (χ3v) is 2.75. The second-order valence-corrected chi connectivity index (χ2v) is 5.32. The van der Waals surface area contributed by atoms with Crippen molar-refractivity contribution in [2.75, 3.05) is 7.05 Å². The molecule has 5 heteroatoms. The Hall–Kier alpha value is -1.75. The average Bonchev–Trinajstić information content (AvgIpc) is 2.77. The van der Waals surface area contributed by atoms with Crippen molar-refractivity contribution in [3.63, 3.8) is 0 Å². The maximum Gasteiger partial charge on any atom is 0.188 e. The molecule has 0 spiro atoms. The first kappa shape index (κ1) is 12.7. The smallest absolute Gasteiger partial charge is 0.188 e. The van der Waals surface area contributed by atoms with E-state index in [0.717, 1.165) is 5.69 Å². The topological polar surface area (TPSA) is 55.6 Å². The van der Waals surface area contributed by atoms with Gasteiger partial charge in [0, 0.05) is 0 Å². The third-order valence-electron chi connectivity index (χ3n) is 2.75. The number of nitrogens with zero attached hydrogens (tertiary/aromatic N) is 4. The highest BCUT2D eigenvalue weighted by Gasteiger charge is 2.13. The summed E-state index contributed by atoms with van der Waals surface area (Å²) >= 11 is 0. The maximum atomic E-state index is 4.29. The molecular weight excluding hydrogens is 226 g/mol. The Balaban J connectivity index is 2.23. The van der Waals surface area contributed by atoms with Gasteiger partial charge in [-0.2, -0.15) is 0 Å². The van der Waals surface area contributed by atoms with Crippen molar-refractivity contribution in [3.8, 4) is 5.69 Å². The SMILES string of the molecule is CNCc1nnn(-c2ccc(C(C)(C)C)cc2)n1. The highest BCUT2D eigenvalue weighted by molar-refractivity contribution is 5.35. The summed E-state index contributed by atoms with van der Waals surface area (Å²) in [4.78, 5) is 1.55. The second-order valence-electron chi connectivity index (χ2n) is 5.32. The summed E-state index contributed by atoms with van der Waals surface area (Å²) < 4.78 is 0. The van der Waals surface area contributed by atoms with Gasteiger partial charge >= 0.3 is 0 Å². The molecule has 0 atom stereocenters. The van der Waals surface area contributed by atoms with Crippen molar-refractivity contribution in [2.45, 2.75) is 32.7 Å². The summed E-state index contributed by atoms with van der Waals surface area (Å²) in [7, 11) is 1.86. The number of hydrogen-bond donors (Lipinski definition) is 1. The lowest BCUT2D eigenvalue weighted by atomic mass is 9.87. The van der Waals surface area contributed by atoms with E-state index in [2.05, 4.69) is 53.6 Å². The quantitative estimate of drug-likeness (QED) is 0.894. The van der Waals surface area contributed by atoms with Crippen molar-refractivity contribution in [1.29, 1.82) is 0 Å². The molecule has 0 unspecified atom stereocenters. The van der Waals surface area contributed by atoms with E-state index in [0.29, 0.717) is 12.4 Å². The van der Waals surface area contributed by atoms with Gasteiger partial charge in [0.25, 0.3) is 0 Å². The lowest BCUT2D eigenvalue weighted by molar-refractivity contribution is 0.589. The normalized spacial score (nSPS) is 11.8. The first-order valence-corrected chi connectivity index (χ1v) is 6.05. The minimum Gasteiger partial charge on any atom is -0.313 e. The van der Waals surface area contributed by atoms with Crippen LogP contribution in [-0.4, -0.2) is 27.3 Å². The number of nitrogens with one attached hydrogen (secondary N) is 1. The number of benzene rings is 1. The van der Waals surface area contributed by atoms with Crippen LogP contribution in [0.4, 0.5) is 0 Å². The summed E-state index contributed by atoms with van der Waals surface area (Å²) in [5.74, 6) is 0.692. The zero-order valence-electron chi connectivity index (χ0n) is 11.3. The Kier molecular flexibility index (Phi) is 3.43. The molecule has 0 aliphatic carbocycles. The standard InChI is InChI=1S/C13H19N5/c1-13(2,3)10-5-7-11(8-6-10)18-16-12(9-14-4)15-17-18/h5-8,14H,9H2,1-4H3. The van der Waals surface area contributed by atoms with E-state index in [9.17, 15) is 0 Å². The van der Waals surface area contributed by atoms with Crippen LogP contribution < -0.4 is 5.32 Å². The van der Waals surface area contributed by atoms with Gasteiger partial charge in [-0.3, -0.25) is 0 Å². The summed E-state index contributed by atoms with van der Waals surface area (Å²) in [6.45, 7) is 7.21. The van der Waals surface area contributed by atoms with Crippen LogP contribution in [0.25, 0.3) is 5.69 Å². The van der Waals surface area contributed by atoms with Crippen LogP contribution in [0.15, 0.2) is 24.3 Å². The van der Waals surface area contributed by atoms with Gasteiger partial charge in [-0.25, -0.2) is 0 Å². The van der Waals surface area contributed by atoms with Crippen LogP contribution in [0.5, 0.6) is 0 Å². The molecule has 2 aromatic rings. The summed E-state index contributed by atoms with van der Waals surface area (Å²) in [6.07, 6.45) is 0. The second kappa shape index (κ2) is 4.86. The third kappa shape index (κ3) is 2.73. The van der Waals surface area contributed by atoms with Crippen molar-refractivity contribution in [1.82, 2.24) is 25.5 Å². The van der Waals surface area contributed by atoms with Gasteiger partial charge in [-0.05, 0) is 35.4 Å². The van der Waals surface area contributed by atoms with Crippen LogP contribution in [0.2, 0.25) is 0 Å². The Morgan fingerprint density at radius 3 is 2.39 bits per heavy atom. The van der Waals surface area contributed by atoms with Gasteiger partial charge in [-0.1, -0.05) is 32.9 Å². The minimum absolute atomic E-state index is 0.158. The van der Waals surface area contributed by atoms with E-state index in [-0.39, 0.29) is 5.41 Å². The fourth-order valence-corrected chi connectivity index (χ4v) is 1.68. The molecule has 96 valence electrons. The number of hydrogen-bond acceptors (Lipinski definition) is 4. The molecule has 0 saturated carbocycles. The molecule has 0 saturated heterocycles. The predicted octanol–water partition coefficient (Wildman–Crippen LogP) is 1.68. The lowest BCUT2D eigenvalue weighted by Gasteiger charge is -2.18. The molecule has 0 bridgehead atoms. The Labute approximate surface area is 107 Å². The molecule has 1 heterocycles. The molecule has 1 aromatic carbocycles.